The van der Waals surface area contributed by atoms with Gasteiger partial charge in [0.2, 0.25) is 0 Å². The van der Waals surface area contributed by atoms with Crippen molar-refractivity contribution >= 4 is 29.0 Å². The molecule has 1 aliphatic carbocycles. The van der Waals surface area contributed by atoms with Gasteiger partial charge in [-0.2, -0.15) is 0 Å². The summed E-state index contributed by atoms with van der Waals surface area (Å²) in [6, 6.07) is 7.23. The maximum atomic E-state index is 13.1. The molecule has 3 N–H and O–H groups in total. The molecule has 2 aromatic carbocycles. The van der Waals surface area contributed by atoms with Crippen molar-refractivity contribution in [2.75, 3.05) is 5.32 Å². The standard InChI is InChI=1S/C23H20N2O8/c1-12(2)3-10-19(33-23(30)24-13-4-6-14(7-5-13)25(31)32)15-11-18(28)20-16(26)8-9-17(27)21(20)22(15)29/h3-9,11,19,26-27H,10H2,1-2H3,(H,24,30)/t19-/m1/s1. The quantitative estimate of drug-likeness (QED) is 0.254. The van der Waals surface area contributed by atoms with Gasteiger partial charge in [-0.1, -0.05) is 11.6 Å². The molecule has 10 nitrogen and oxygen atoms in total. The maximum absolute atomic E-state index is 13.1. The van der Waals surface area contributed by atoms with Crippen LogP contribution in [0.15, 0.2) is 59.7 Å². The van der Waals surface area contributed by atoms with Crippen LogP contribution in [-0.4, -0.2) is 38.9 Å². The van der Waals surface area contributed by atoms with Crippen LogP contribution in [0.2, 0.25) is 0 Å². The van der Waals surface area contributed by atoms with E-state index in [1.54, 1.807) is 19.9 Å². The summed E-state index contributed by atoms with van der Waals surface area (Å²) in [6.45, 7) is 3.60. The van der Waals surface area contributed by atoms with E-state index in [1.807, 2.05) is 0 Å². The number of carbonyl (C=O) groups excluding carboxylic acids is 3. The number of allylic oxidation sites excluding steroid dienone is 2. The lowest BCUT2D eigenvalue weighted by Gasteiger charge is -2.23. The number of hydrogen-bond acceptors (Lipinski definition) is 8. The first-order chi connectivity index (χ1) is 15.6. The van der Waals surface area contributed by atoms with Crippen LogP contribution < -0.4 is 5.32 Å². The molecule has 0 radical (unpaired) electrons. The van der Waals surface area contributed by atoms with Crippen LogP contribution >= 0.6 is 0 Å². The highest BCUT2D eigenvalue weighted by atomic mass is 16.6. The molecular formula is C23H20N2O8. The van der Waals surface area contributed by atoms with Gasteiger partial charge in [0.05, 0.1) is 16.1 Å². The minimum atomic E-state index is -1.18. The lowest BCUT2D eigenvalue weighted by Crippen LogP contribution is -2.30. The SMILES string of the molecule is CC(C)=CC[C@@H](OC(=O)Nc1ccc([N+](=O)[O-])cc1)C1=CC(=O)c2c(O)ccc(O)c2C1=O. The topological polar surface area (TPSA) is 156 Å². The van der Waals surface area contributed by atoms with Crippen LogP contribution in [0.5, 0.6) is 11.5 Å². The monoisotopic (exact) mass is 452 g/mol. The van der Waals surface area contributed by atoms with Gasteiger partial charge < -0.3 is 14.9 Å². The van der Waals surface area contributed by atoms with E-state index < -0.39 is 40.2 Å². The molecule has 0 aliphatic heterocycles. The fourth-order valence-corrected chi connectivity index (χ4v) is 3.25. The van der Waals surface area contributed by atoms with E-state index in [2.05, 4.69) is 5.32 Å². The van der Waals surface area contributed by atoms with Crippen molar-refractivity contribution in [3.8, 4) is 11.5 Å². The maximum Gasteiger partial charge on any atom is 0.412 e. The van der Waals surface area contributed by atoms with Crippen molar-refractivity contribution in [3.05, 3.63) is 80.9 Å². The number of phenols is 2. The number of carbonyl (C=O) groups is 3. The van der Waals surface area contributed by atoms with Gasteiger partial charge in [0.25, 0.3) is 5.69 Å². The summed E-state index contributed by atoms with van der Waals surface area (Å²) in [5.74, 6) is -2.40. The van der Waals surface area contributed by atoms with Crippen molar-refractivity contribution in [3.63, 3.8) is 0 Å². The predicted octanol–water partition coefficient (Wildman–Crippen LogP) is 4.29. The summed E-state index contributed by atoms with van der Waals surface area (Å²) >= 11 is 0. The summed E-state index contributed by atoms with van der Waals surface area (Å²) in [7, 11) is 0. The van der Waals surface area contributed by atoms with Gasteiger partial charge in [0.15, 0.2) is 11.6 Å². The number of anilines is 1. The van der Waals surface area contributed by atoms with Crippen molar-refractivity contribution in [2.45, 2.75) is 26.4 Å². The van der Waals surface area contributed by atoms with Crippen molar-refractivity contribution < 1.29 is 34.3 Å². The minimum Gasteiger partial charge on any atom is -0.507 e. The fourth-order valence-electron chi connectivity index (χ4n) is 3.25. The van der Waals surface area contributed by atoms with Gasteiger partial charge in [-0.3, -0.25) is 25.0 Å². The van der Waals surface area contributed by atoms with E-state index in [-0.39, 0.29) is 34.5 Å². The van der Waals surface area contributed by atoms with E-state index in [0.717, 1.165) is 23.8 Å². The lowest BCUT2D eigenvalue weighted by atomic mass is 9.85. The Balaban J connectivity index is 1.88. The lowest BCUT2D eigenvalue weighted by molar-refractivity contribution is -0.384. The van der Waals surface area contributed by atoms with Crippen LogP contribution in [-0.2, 0) is 4.74 Å². The van der Waals surface area contributed by atoms with E-state index in [4.69, 9.17) is 4.74 Å². The number of ether oxygens (including phenoxy) is 1. The number of rotatable bonds is 6. The molecule has 170 valence electrons. The van der Waals surface area contributed by atoms with Crippen molar-refractivity contribution in [2.24, 2.45) is 0 Å². The molecular weight excluding hydrogens is 432 g/mol. The van der Waals surface area contributed by atoms with E-state index in [0.29, 0.717) is 0 Å². The van der Waals surface area contributed by atoms with Crippen molar-refractivity contribution in [1.82, 2.24) is 0 Å². The number of non-ortho nitro benzene ring substituents is 1. The number of nitrogens with one attached hydrogen (secondary N) is 1. The molecule has 33 heavy (non-hydrogen) atoms. The Morgan fingerprint density at radius 2 is 1.70 bits per heavy atom. The number of Topliss-reactive ketones (excluding diaryl/α,β-unsaturated/α-hetero) is 1. The first kappa shape index (κ1) is 23.2. The number of nitro benzene ring substituents is 1. The van der Waals surface area contributed by atoms with Gasteiger partial charge in [0, 0.05) is 29.8 Å². The largest absolute Gasteiger partial charge is 0.507 e. The first-order valence-electron chi connectivity index (χ1n) is 9.79. The van der Waals surface area contributed by atoms with E-state index in [9.17, 15) is 34.7 Å². The molecule has 0 heterocycles. The number of aromatic hydroxyl groups is 2. The van der Waals surface area contributed by atoms with E-state index in [1.165, 1.54) is 24.3 Å². The van der Waals surface area contributed by atoms with Gasteiger partial charge in [-0.05, 0) is 44.2 Å². The summed E-state index contributed by atoms with van der Waals surface area (Å²) in [4.78, 5) is 48.3. The number of amides is 1. The van der Waals surface area contributed by atoms with E-state index >= 15 is 0 Å². The van der Waals surface area contributed by atoms with Crippen LogP contribution in [0, 0.1) is 10.1 Å². The molecule has 0 aromatic heterocycles. The molecule has 3 rings (SSSR count). The number of nitrogens with zero attached hydrogens (tertiary/aromatic N) is 1. The summed E-state index contributed by atoms with van der Waals surface area (Å²) in [5, 5.41) is 33.3. The molecule has 0 saturated carbocycles. The summed E-state index contributed by atoms with van der Waals surface area (Å²) < 4.78 is 5.41. The average molecular weight is 452 g/mol. The average Bonchev–Trinajstić information content (AvgIpc) is 2.75. The molecule has 0 fully saturated rings. The predicted molar refractivity (Wildman–Crippen MR) is 118 cm³/mol. The molecule has 0 unspecified atom stereocenters. The summed E-state index contributed by atoms with van der Waals surface area (Å²) in [6.07, 6.45) is 0.620. The zero-order chi connectivity index (χ0) is 24.3. The molecule has 2 aromatic rings. The highest BCUT2D eigenvalue weighted by Gasteiger charge is 2.35. The number of nitro groups is 1. The minimum absolute atomic E-state index is 0.0653. The number of benzene rings is 2. The number of phenolic OH excluding ortho intramolecular Hbond substituents is 2. The number of fused-ring (bicyclic) bond motifs is 1. The zero-order valence-corrected chi connectivity index (χ0v) is 17.7. The number of hydrogen-bond donors (Lipinski definition) is 3. The molecule has 0 spiro atoms. The van der Waals surface area contributed by atoms with Crippen LogP contribution in [0.3, 0.4) is 0 Å². The van der Waals surface area contributed by atoms with Crippen molar-refractivity contribution in [1.29, 1.82) is 0 Å². The molecule has 10 heteroatoms. The Bertz CT molecular complexity index is 1210. The smallest absolute Gasteiger partial charge is 0.412 e. The van der Waals surface area contributed by atoms with Gasteiger partial charge >= 0.3 is 6.09 Å². The van der Waals surface area contributed by atoms with Crippen LogP contribution in [0.1, 0.15) is 41.0 Å². The molecule has 1 aliphatic rings. The molecule has 0 bridgehead atoms. The first-order valence-corrected chi connectivity index (χ1v) is 9.79. The highest BCUT2D eigenvalue weighted by Crippen LogP contribution is 2.36. The highest BCUT2D eigenvalue weighted by molar-refractivity contribution is 6.27. The third-order valence-corrected chi connectivity index (χ3v) is 4.84. The molecule has 1 atom stereocenters. The van der Waals surface area contributed by atoms with Gasteiger partial charge in [0.1, 0.15) is 17.6 Å². The Kier molecular flexibility index (Phi) is 6.57. The second-order valence-corrected chi connectivity index (χ2v) is 7.49. The van der Waals surface area contributed by atoms with Gasteiger partial charge in [-0.15, -0.1) is 0 Å². The second-order valence-electron chi connectivity index (χ2n) is 7.49. The Labute approximate surface area is 188 Å². The Morgan fingerprint density at radius 3 is 2.27 bits per heavy atom. The second kappa shape index (κ2) is 9.35. The normalized spacial score (nSPS) is 13.5. The number of ketones is 2. The Hall–Kier alpha value is -4.47. The van der Waals surface area contributed by atoms with Crippen LogP contribution in [0.25, 0.3) is 0 Å². The third-order valence-electron chi connectivity index (χ3n) is 4.84. The fraction of sp³-hybridized carbons (Fsp3) is 0.174. The Morgan fingerprint density at radius 1 is 1.09 bits per heavy atom. The van der Waals surface area contributed by atoms with Gasteiger partial charge in [-0.25, -0.2) is 4.79 Å². The summed E-state index contributed by atoms with van der Waals surface area (Å²) in [5.41, 5.74) is 0.0902. The van der Waals surface area contributed by atoms with Crippen LogP contribution in [0.4, 0.5) is 16.2 Å². The molecule has 1 amide bonds. The zero-order valence-electron chi connectivity index (χ0n) is 17.7. The molecule has 0 saturated heterocycles. The third kappa shape index (κ3) is 5.06.